The number of likely N-dealkylation sites (tertiary alicyclic amines) is 1. The number of aryl methyl sites for hydroxylation is 1. The molecule has 4 rings (SSSR count). The molecule has 152 valence electrons. The maximum atomic E-state index is 12.5. The van der Waals surface area contributed by atoms with Crippen LogP contribution in [0.25, 0.3) is 0 Å². The van der Waals surface area contributed by atoms with E-state index in [1.165, 1.54) is 0 Å². The molecular formula is C21H26N6O2. The van der Waals surface area contributed by atoms with Crippen LogP contribution in [-0.2, 0) is 13.6 Å². The van der Waals surface area contributed by atoms with E-state index in [1.807, 2.05) is 18.2 Å². The molecule has 2 aromatic heterocycles. The number of benzene rings is 1. The highest BCUT2D eigenvalue weighted by Gasteiger charge is 2.29. The summed E-state index contributed by atoms with van der Waals surface area (Å²) in [5, 5.41) is 14.8. The van der Waals surface area contributed by atoms with Crippen molar-refractivity contribution >= 4 is 11.7 Å². The standard InChI is InChI=1S/C21H26N6O2/c1-14(2)19-11-17(24-29-19)18-8-5-9-27(18)12-15-6-4-7-16(10-15)21(28)22-20-13-26(3)25-23-20/h4,6-7,10-11,13-14,18H,5,8-9,12H2,1-3H3,(H,22,28)/t18-/m0/s1. The molecule has 1 fully saturated rings. The third-order valence-electron chi connectivity index (χ3n) is 5.24. The lowest BCUT2D eigenvalue weighted by Crippen LogP contribution is -2.23. The normalized spacial score (nSPS) is 17.2. The van der Waals surface area contributed by atoms with E-state index in [9.17, 15) is 4.79 Å². The Hall–Kier alpha value is -3.00. The van der Waals surface area contributed by atoms with Gasteiger partial charge in [-0.2, -0.15) is 0 Å². The smallest absolute Gasteiger partial charge is 0.256 e. The van der Waals surface area contributed by atoms with Crippen LogP contribution in [0, 0.1) is 0 Å². The molecule has 1 amide bonds. The Morgan fingerprint density at radius 2 is 2.21 bits per heavy atom. The van der Waals surface area contributed by atoms with E-state index in [1.54, 1.807) is 17.9 Å². The molecule has 1 N–H and O–H groups in total. The Balaban J connectivity index is 1.45. The Labute approximate surface area is 169 Å². The number of carbonyl (C=O) groups excluding carboxylic acids is 1. The number of hydrogen-bond donors (Lipinski definition) is 1. The van der Waals surface area contributed by atoms with E-state index in [-0.39, 0.29) is 11.9 Å². The number of nitrogens with zero attached hydrogens (tertiary/aromatic N) is 5. The monoisotopic (exact) mass is 394 g/mol. The lowest BCUT2D eigenvalue weighted by molar-refractivity contribution is 0.102. The van der Waals surface area contributed by atoms with Crippen molar-refractivity contribution in [2.75, 3.05) is 11.9 Å². The Kier molecular flexibility index (Phi) is 5.44. The summed E-state index contributed by atoms with van der Waals surface area (Å²) in [4.78, 5) is 14.9. The van der Waals surface area contributed by atoms with E-state index in [0.29, 0.717) is 17.3 Å². The van der Waals surface area contributed by atoms with Gasteiger partial charge in [0.1, 0.15) is 11.5 Å². The zero-order valence-corrected chi connectivity index (χ0v) is 17.0. The van der Waals surface area contributed by atoms with Gasteiger partial charge in [-0.25, -0.2) is 0 Å². The first-order valence-electron chi connectivity index (χ1n) is 9.97. The first kappa shape index (κ1) is 19.3. The van der Waals surface area contributed by atoms with E-state index in [2.05, 4.69) is 51.7 Å². The molecule has 0 spiro atoms. The predicted molar refractivity (Wildman–Crippen MR) is 108 cm³/mol. The van der Waals surface area contributed by atoms with Gasteiger partial charge in [0.15, 0.2) is 5.82 Å². The van der Waals surface area contributed by atoms with Crippen molar-refractivity contribution in [1.82, 2.24) is 25.1 Å². The second-order valence-corrected chi connectivity index (χ2v) is 7.87. The molecule has 1 aliphatic rings. The van der Waals surface area contributed by atoms with Crippen molar-refractivity contribution in [2.24, 2.45) is 7.05 Å². The summed E-state index contributed by atoms with van der Waals surface area (Å²) in [5.74, 6) is 1.50. The fourth-order valence-corrected chi connectivity index (χ4v) is 3.72. The van der Waals surface area contributed by atoms with Gasteiger partial charge < -0.3 is 9.84 Å². The van der Waals surface area contributed by atoms with Gasteiger partial charge in [-0.15, -0.1) is 5.10 Å². The molecule has 0 unspecified atom stereocenters. The van der Waals surface area contributed by atoms with Gasteiger partial charge >= 0.3 is 0 Å². The largest absolute Gasteiger partial charge is 0.361 e. The molecule has 0 aliphatic carbocycles. The summed E-state index contributed by atoms with van der Waals surface area (Å²) in [7, 11) is 1.76. The van der Waals surface area contributed by atoms with Crippen molar-refractivity contribution in [3.63, 3.8) is 0 Å². The molecule has 1 aliphatic heterocycles. The summed E-state index contributed by atoms with van der Waals surface area (Å²) >= 11 is 0. The topological polar surface area (TPSA) is 89.1 Å². The second-order valence-electron chi connectivity index (χ2n) is 7.87. The highest BCUT2D eigenvalue weighted by atomic mass is 16.5. The average molecular weight is 394 g/mol. The molecule has 1 saturated heterocycles. The molecule has 0 bridgehead atoms. The fraction of sp³-hybridized carbons (Fsp3) is 0.429. The van der Waals surface area contributed by atoms with Gasteiger partial charge in [0.25, 0.3) is 5.91 Å². The molecule has 1 aromatic carbocycles. The zero-order chi connectivity index (χ0) is 20.4. The highest BCUT2D eigenvalue weighted by molar-refractivity contribution is 6.03. The van der Waals surface area contributed by atoms with Crippen molar-refractivity contribution in [1.29, 1.82) is 0 Å². The second kappa shape index (κ2) is 8.16. The van der Waals surface area contributed by atoms with Gasteiger partial charge in [-0.3, -0.25) is 14.4 Å². The lowest BCUT2D eigenvalue weighted by Gasteiger charge is -2.22. The van der Waals surface area contributed by atoms with E-state index in [0.717, 1.165) is 42.9 Å². The number of anilines is 1. The van der Waals surface area contributed by atoms with Gasteiger partial charge in [-0.1, -0.05) is 36.4 Å². The minimum Gasteiger partial charge on any atom is -0.361 e. The van der Waals surface area contributed by atoms with Gasteiger partial charge in [0.2, 0.25) is 0 Å². The van der Waals surface area contributed by atoms with Crippen molar-refractivity contribution in [3.8, 4) is 0 Å². The van der Waals surface area contributed by atoms with Gasteiger partial charge in [0.05, 0.1) is 12.2 Å². The SMILES string of the molecule is CC(C)c1cc([C@@H]2CCCN2Cc2cccc(C(=O)Nc3cn(C)nn3)c2)no1. The van der Waals surface area contributed by atoms with Crippen LogP contribution in [0.3, 0.4) is 0 Å². The van der Waals surface area contributed by atoms with Crippen LogP contribution in [0.4, 0.5) is 5.82 Å². The molecule has 29 heavy (non-hydrogen) atoms. The Bertz CT molecular complexity index is 992. The van der Waals surface area contributed by atoms with Crippen LogP contribution in [0.1, 0.15) is 66.0 Å². The quantitative estimate of drug-likeness (QED) is 0.688. The van der Waals surface area contributed by atoms with Gasteiger partial charge in [0, 0.05) is 31.1 Å². The zero-order valence-electron chi connectivity index (χ0n) is 17.0. The molecular weight excluding hydrogens is 368 g/mol. The first-order valence-corrected chi connectivity index (χ1v) is 9.97. The number of nitrogens with one attached hydrogen (secondary N) is 1. The van der Waals surface area contributed by atoms with Crippen LogP contribution in [0.2, 0.25) is 0 Å². The fourth-order valence-electron chi connectivity index (χ4n) is 3.72. The molecule has 1 atom stereocenters. The van der Waals surface area contributed by atoms with E-state index < -0.39 is 0 Å². The third kappa shape index (κ3) is 4.37. The summed E-state index contributed by atoms with van der Waals surface area (Å²) in [6, 6.07) is 10.0. The van der Waals surface area contributed by atoms with Crippen LogP contribution in [-0.4, -0.2) is 37.5 Å². The summed E-state index contributed by atoms with van der Waals surface area (Å²) in [5.41, 5.74) is 2.70. The Morgan fingerprint density at radius 1 is 1.34 bits per heavy atom. The van der Waals surface area contributed by atoms with Crippen LogP contribution < -0.4 is 5.32 Å². The Morgan fingerprint density at radius 3 is 2.93 bits per heavy atom. The molecule has 0 radical (unpaired) electrons. The predicted octanol–water partition coefficient (Wildman–Crippen LogP) is 3.52. The number of amides is 1. The minimum atomic E-state index is -0.191. The number of aromatic nitrogens is 4. The van der Waals surface area contributed by atoms with Crippen molar-refractivity contribution in [2.45, 2.75) is 45.2 Å². The van der Waals surface area contributed by atoms with Crippen LogP contribution >= 0.6 is 0 Å². The lowest BCUT2D eigenvalue weighted by atomic mass is 10.1. The van der Waals surface area contributed by atoms with E-state index >= 15 is 0 Å². The number of carbonyl (C=O) groups is 1. The van der Waals surface area contributed by atoms with Gasteiger partial charge in [-0.05, 0) is 37.1 Å². The van der Waals surface area contributed by atoms with Crippen molar-refractivity contribution < 1.29 is 9.32 Å². The molecule has 8 nitrogen and oxygen atoms in total. The average Bonchev–Trinajstić information content (AvgIpc) is 3.43. The molecule has 3 aromatic rings. The van der Waals surface area contributed by atoms with Crippen molar-refractivity contribution in [3.05, 3.63) is 59.1 Å². The molecule has 3 heterocycles. The first-order chi connectivity index (χ1) is 14.0. The number of rotatable bonds is 6. The highest BCUT2D eigenvalue weighted by Crippen LogP contribution is 2.33. The maximum absolute atomic E-state index is 12.5. The summed E-state index contributed by atoms with van der Waals surface area (Å²) < 4.78 is 7.05. The van der Waals surface area contributed by atoms with Crippen LogP contribution in [0.15, 0.2) is 41.1 Å². The van der Waals surface area contributed by atoms with Crippen LogP contribution in [0.5, 0.6) is 0 Å². The minimum absolute atomic E-state index is 0.191. The maximum Gasteiger partial charge on any atom is 0.256 e. The third-order valence-corrected chi connectivity index (χ3v) is 5.24. The summed E-state index contributed by atoms with van der Waals surface area (Å²) in [6.07, 6.45) is 3.86. The molecule has 8 heteroatoms. The number of hydrogen-bond acceptors (Lipinski definition) is 6. The summed E-state index contributed by atoms with van der Waals surface area (Å²) in [6.45, 7) is 5.98. The molecule has 0 saturated carbocycles. The van der Waals surface area contributed by atoms with E-state index in [4.69, 9.17) is 4.52 Å².